The maximum Gasteiger partial charge on any atom is 0.304 e. The van der Waals surface area contributed by atoms with Gasteiger partial charge in [0.05, 0.1) is 12.0 Å². The Bertz CT molecular complexity index is 1960. The summed E-state index contributed by atoms with van der Waals surface area (Å²) in [6.07, 6.45) is 2.37. The van der Waals surface area contributed by atoms with Gasteiger partial charge < -0.3 is 10.0 Å². The van der Waals surface area contributed by atoms with Crippen LogP contribution in [0.25, 0.3) is 5.65 Å². The molecule has 2 aliphatic heterocycles. The van der Waals surface area contributed by atoms with Crippen molar-refractivity contribution in [1.82, 2.24) is 23.9 Å². The van der Waals surface area contributed by atoms with Crippen LogP contribution >= 0.6 is 0 Å². The molecule has 0 unspecified atom stereocenters. The van der Waals surface area contributed by atoms with E-state index in [4.69, 9.17) is 0 Å². The Hall–Kier alpha value is -4.48. The van der Waals surface area contributed by atoms with E-state index in [-0.39, 0.29) is 41.7 Å². The van der Waals surface area contributed by atoms with Gasteiger partial charge in [-0.05, 0) is 73.1 Å². The van der Waals surface area contributed by atoms with Gasteiger partial charge in [-0.1, -0.05) is 18.2 Å². The minimum Gasteiger partial charge on any atom is -0.481 e. The number of fused-ring (bicyclic) bond motifs is 4. The van der Waals surface area contributed by atoms with Crippen LogP contribution in [0.4, 0.5) is 14.6 Å². The second-order valence-electron chi connectivity index (χ2n) is 11.6. The average Bonchev–Trinajstić information content (AvgIpc) is 3.43. The van der Waals surface area contributed by atoms with Crippen LogP contribution in [0.15, 0.2) is 47.6 Å². The van der Waals surface area contributed by atoms with Crippen LogP contribution in [-0.2, 0) is 21.4 Å². The number of piperidine rings is 1. The molecule has 1 fully saturated rings. The summed E-state index contributed by atoms with van der Waals surface area (Å²) < 4.78 is 57.9. The van der Waals surface area contributed by atoms with E-state index in [0.717, 1.165) is 24.8 Å². The average molecular weight is 636 g/mol. The van der Waals surface area contributed by atoms with E-state index in [1.54, 1.807) is 13.0 Å². The molecule has 11 nitrogen and oxygen atoms in total. The van der Waals surface area contributed by atoms with Crippen molar-refractivity contribution in [3.63, 3.8) is 0 Å². The van der Waals surface area contributed by atoms with Gasteiger partial charge in [0, 0.05) is 44.0 Å². The third kappa shape index (κ3) is 5.51. The van der Waals surface area contributed by atoms with Gasteiger partial charge in [0.2, 0.25) is 15.8 Å². The number of pyridine rings is 2. The summed E-state index contributed by atoms with van der Waals surface area (Å²) in [7, 11) is -4.06. The number of aromatic nitrogens is 4. The predicted octanol–water partition coefficient (Wildman–Crippen LogP) is 4.72. The predicted molar refractivity (Wildman–Crippen MR) is 159 cm³/mol. The van der Waals surface area contributed by atoms with Gasteiger partial charge in [0.15, 0.2) is 5.65 Å². The SMILES string of the molecule is Cc1ccc([C@H](CC(=O)O)c2ccn3c(C(F)F)nnc3c2C)cc1CN1C[C@H]2CCCCN2c2ncc(C#N)cc2S1(=O)=O. The lowest BCUT2D eigenvalue weighted by molar-refractivity contribution is -0.137. The maximum absolute atomic E-state index is 14.2. The van der Waals surface area contributed by atoms with Gasteiger partial charge in [-0.25, -0.2) is 22.2 Å². The maximum atomic E-state index is 14.2. The largest absolute Gasteiger partial charge is 0.481 e. The molecule has 0 amide bonds. The second kappa shape index (κ2) is 11.8. The molecule has 234 valence electrons. The van der Waals surface area contributed by atoms with Crippen molar-refractivity contribution in [1.29, 1.82) is 5.26 Å². The number of carboxylic acids is 1. The minimum absolute atomic E-state index is 0.00362. The highest BCUT2D eigenvalue weighted by Crippen LogP contribution is 2.38. The van der Waals surface area contributed by atoms with Crippen LogP contribution in [0.1, 0.15) is 77.2 Å². The van der Waals surface area contributed by atoms with Crippen LogP contribution in [-0.4, -0.2) is 62.5 Å². The molecular formula is C31H31F2N7O4S. The zero-order valence-corrected chi connectivity index (χ0v) is 25.5. The number of nitriles is 1. The fraction of sp³-hybridized carbons (Fsp3) is 0.387. The first-order valence-corrected chi connectivity index (χ1v) is 16.0. The Morgan fingerprint density at radius 1 is 1.18 bits per heavy atom. The standard InChI is InChI=1S/C31H31F2N7O4S/c1-18-6-7-21(25(13-27(41)42)24-8-10-40-29(19(24)2)36-37-31(40)28(32)33)12-22(18)16-38-17-23-5-3-4-9-39(23)30-26(45(38,43)44)11-20(14-34)15-35-30/h6-8,10-12,15,23,25,28H,3-5,9,13,16-17H2,1-2H3,(H,41,42)/t23-,25+/m1/s1. The van der Waals surface area contributed by atoms with Crippen molar-refractivity contribution in [2.45, 2.75) is 69.4 Å². The fourth-order valence-corrected chi connectivity index (χ4v) is 8.12. The number of alkyl halides is 2. The Morgan fingerprint density at radius 2 is 1.98 bits per heavy atom. The van der Waals surface area contributed by atoms with Gasteiger partial charge in [-0.15, -0.1) is 10.2 Å². The summed E-state index contributed by atoms with van der Waals surface area (Å²) in [6, 6.07) is 10.4. The van der Waals surface area contributed by atoms with E-state index >= 15 is 0 Å². The number of carboxylic acid groups (broad SMARTS) is 1. The molecule has 0 saturated carbocycles. The van der Waals surface area contributed by atoms with E-state index in [2.05, 4.69) is 15.2 Å². The first-order chi connectivity index (χ1) is 21.5. The summed E-state index contributed by atoms with van der Waals surface area (Å²) in [5, 5.41) is 26.9. The Morgan fingerprint density at radius 3 is 2.71 bits per heavy atom. The first kappa shape index (κ1) is 30.5. The third-order valence-electron chi connectivity index (χ3n) is 8.86. The van der Waals surface area contributed by atoms with Crippen molar-refractivity contribution in [3.8, 4) is 6.07 Å². The summed E-state index contributed by atoms with van der Waals surface area (Å²) in [4.78, 5) is 18.5. The Balaban J connectivity index is 1.41. The third-order valence-corrected chi connectivity index (χ3v) is 10.7. The number of sulfonamides is 1. The molecule has 0 aliphatic carbocycles. The molecule has 45 heavy (non-hydrogen) atoms. The highest BCUT2D eigenvalue weighted by Gasteiger charge is 2.39. The normalized spacial score (nSPS) is 18.7. The van der Waals surface area contributed by atoms with Crippen LogP contribution in [0.3, 0.4) is 0 Å². The number of rotatable bonds is 7. The molecule has 0 spiro atoms. The van der Waals surface area contributed by atoms with Crippen molar-refractivity contribution in [2.24, 2.45) is 0 Å². The van der Waals surface area contributed by atoms with Crippen LogP contribution < -0.4 is 4.90 Å². The minimum atomic E-state index is -4.06. The Labute approximate surface area is 258 Å². The number of nitrogens with zero attached hydrogens (tertiary/aromatic N) is 7. The summed E-state index contributed by atoms with van der Waals surface area (Å²) >= 11 is 0. The molecule has 14 heteroatoms. The first-order valence-electron chi connectivity index (χ1n) is 14.6. The van der Waals surface area contributed by atoms with Gasteiger partial charge in [0.1, 0.15) is 16.8 Å². The van der Waals surface area contributed by atoms with Crippen LogP contribution in [0, 0.1) is 25.2 Å². The lowest BCUT2D eigenvalue weighted by atomic mass is 9.85. The molecule has 6 rings (SSSR count). The number of hydrogen-bond donors (Lipinski definition) is 1. The van der Waals surface area contributed by atoms with Gasteiger partial charge in [-0.2, -0.15) is 9.57 Å². The number of carbonyl (C=O) groups is 1. The number of halogens is 2. The van der Waals surface area contributed by atoms with E-state index in [1.807, 2.05) is 36.1 Å². The molecule has 1 saturated heterocycles. The topological polar surface area (TPSA) is 145 Å². The van der Waals surface area contributed by atoms with E-state index in [0.29, 0.717) is 34.6 Å². The number of aryl methyl sites for hydroxylation is 2. The summed E-state index contributed by atoms with van der Waals surface area (Å²) in [5.41, 5.74) is 3.64. The molecular weight excluding hydrogens is 604 g/mol. The van der Waals surface area contributed by atoms with Crippen molar-refractivity contribution < 1.29 is 27.1 Å². The van der Waals surface area contributed by atoms with E-state index in [1.165, 1.54) is 27.2 Å². The molecule has 5 heterocycles. The number of aliphatic carboxylic acids is 1. The van der Waals surface area contributed by atoms with Crippen molar-refractivity contribution in [2.75, 3.05) is 18.0 Å². The zero-order valence-electron chi connectivity index (χ0n) is 24.7. The number of anilines is 1. The Kier molecular flexibility index (Phi) is 8.00. The van der Waals surface area contributed by atoms with E-state index < -0.39 is 34.2 Å². The lowest BCUT2D eigenvalue weighted by Crippen LogP contribution is -2.45. The quantitative estimate of drug-likeness (QED) is 0.305. The fourth-order valence-electron chi connectivity index (χ4n) is 6.49. The molecule has 3 aromatic heterocycles. The number of benzene rings is 1. The van der Waals surface area contributed by atoms with E-state index in [9.17, 15) is 32.4 Å². The highest BCUT2D eigenvalue weighted by molar-refractivity contribution is 7.89. The molecule has 2 atom stereocenters. The van der Waals surface area contributed by atoms with Crippen LogP contribution in [0.2, 0.25) is 0 Å². The summed E-state index contributed by atoms with van der Waals surface area (Å²) in [5.74, 6) is -1.86. The molecule has 1 N–H and O–H groups in total. The van der Waals surface area contributed by atoms with Crippen molar-refractivity contribution >= 4 is 27.5 Å². The highest BCUT2D eigenvalue weighted by atomic mass is 32.2. The molecule has 0 bridgehead atoms. The molecule has 2 aliphatic rings. The smallest absolute Gasteiger partial charge is 0.304 e. The van der Waals surface area contributed by atoms with Gasteiger partial charge in [0.25, 0.3) is 6.43 Å². The molecule has 1 aromatic carbocycles. The second-order valence-corrected chi connectivity index (χ2v) is 13.5. The van der Waals surface area contributed by atoms with Gasteiger partial charge in [-0.3, -0.25) is 9.20 Å². The van der Waals surface area contributed by atoms with Crippen LogP contribution in [0.5, 0.6) is 0 Å². The molecule has 0 radical (unpaired) electrons. The van der Waals surface area contributed by atoms with Gasteiger partial charge >= 0.3 is 5.97 Å². The number of hydrogen-bond acceptors (Lipinski definition) is 8. The monoisotopic (exact) mass is 635 g/mol. The lowest BCUT2D eigenvalue weighted by Gasteiger charge is -2.36. The zero-order chi connectivity index (χ0) is 32.0. The molecule has 4 aromatic rings. The van der Waals surface area contributed by atoms with Crippen molar-refractivity contribution in [3.05, 3.63) is 81.9 Å². The summed E-state index contributed by atoms with van der Waals surface area (Å²) in [6.45, 7) is 4.49.